The molecule has 1 heterocycles. The van der Waals surface area contributed by atoms with Crippen LogP contribution in [0.2, 0.25) is 0 Å². The van der Waals surface area contributed by atoms with Crippen molar-refractivity contribution >= 4 is 29.6 Å². The molecule has 11 nitrogen and oxygen atoms in total. The summed E-state index contributed by atoms with van der Waals surface area (Å²) in [5.41, 5.74) is 7.84. The molecule has 1 fully saturated rings. The predicted octanol–water partition coefficient (Wildman–Crippen LogP) is 2.86. The summed E-state index contributed by atoms with van der Waals surface area (Å²) in [5.74, 6) is -2.68. The topological polar surface area (TPSA) is 152 Å². The number of nitrogens with zero attached hydrogens (tertiary/aromatic N) is 2. The highest BCUT2D eigenvalue weighted by Crippen LogP contribution is 2.21. The van der Waals surface area contributed by atoms with Crippen molar-refractivity contribution in [3.63, 3.8) is 0 Å². The van der Waals surface area contributed by atoms with Crippen LogP contribution in [0, 0.1) is 5.41 Å². The molecule has 0 aliphatic carbocycles. The number of piperazine rings is 1. The summed E-state index contributed by atoms with van der Waals surface area (Å²) < 4.78 is 11.2. The van der Waals surface area contributed by atoms with Crippen molar-refractivity contribution in [1.82, 2.24) is 9.96 Å². The standard InChI is InChI=1S/C31H32N4O7/c32-28(33)25-20-24(31(39)41-21-23-11-5-2-6-12-23)13-14-26(25)40-18-8-7-15-34-16-17-35(30(38)29(34)37)42-27(36)19-22-9-3-1-4-10-22/h1-6,9-14,20H,7-8,15-19,21H2,(H3,32,33). The van der Waals surface area contributed by atoms with Gasteiger partial charge >= 0.3 is 23.8 Å². The first-order valence-corrected chi connectivity index (χ1v) is 13.5. The Bertz CT molecular complexity index is 1430. The summed E-state index contributed by atoms with van der Waals surface area (Å²) in [5, 5.41) is 8.71. The van der Waals surface area contributed by atoms with Crippen LogP contribution in [-0.4, -0.2) is 65.8 Å². The molecular weight excluding hydrogens is 540 g/mol. The van der Waals surface area contributed by atoms with E-state index < -0.39 is 23.8 Å². The fourth-order valence-electron chi connectivity index (χ4n) is 4.26. The van der Waals surface area contributed by atoms with E-state index in [0.29, 0.717) is 25.1 Å². The number of hydroxylamine groups is 2. The van der Waals surface area contributed by atoms with Crippen molar-refractivity contribution in [3.8, 4) is 5.75 Å². The number of amidine groups is 1. The highest BCUT2D eigenvalue weighted by molar-refractivity contribution is 6.35. The van der Waals surface area contributed by atoms with Gasteiger partial charge in [-0.3, -0.25) is 15.0 Å². The third-order valence-electron chi connectivity index (χ3n) is 6.47. The zero-order valence-electron chi connectivity index (χ0n) is 23.0. The van der Waals surface area contributed by atoms with E-state index in [4.69, 9.17) is 25.5 Å². The van der Waals surface area contributed by atoms with Crippen LogP contribution in [0.1, 0.15) is 39.9 Å². The SMILES string of the molecule is N=C(N)c1cc(C(=O)OCc2ccccc2)ccc1OCCCCN1CCN(OC(=O)Cc2ccccc2)C(=O)C1=O. The number of carbonyl (C=O) groups is 4. The van der Waals surface area contributed by atoms with E-state index in [-0.39, 0.29) is 49.7 Å². The second-order valence-electron chi connectivity index (χ2n) is 9.57. The zero-order valence-corrected chi connectivity index (χ0v) is 23.0. The fraction of sp³-hybridized carbons (Fsp3) is 0.258. The van der Waals surface area contributed by atoms with Crippen LogP contribution >= 0.6 is 0 Å². The smallest absolute Gasteiger partial charge is 0.344 e. The first-order chi connectivity index (χ1) is 20.3. The molecule has 0 unspecified atom stereocenters. The van der Waals surface area contributed by atoms with Crippen LogP contribution in [0.5, 0.6) is 5.75 Å². The summed E-state index contributed by atoms with van der Waals surface area (Å²) in [7, 11) is 0. The van der Waals surface area contributed by atoms with Crippen molar-refractivity contribution in [3.05, 3.63) is 101 Å². The van der Waals surface area contributed by atoms with Gasteiger partial charge in [0.1, 0.15) is 18.2 Å². The van der Waals surface area contributed by atoms with Gasteiger partial charge in [0.05, 0.1) is 30.7 Å². The van der Waals surface area contributed by atoms with Crippen LogP contribution < -0.4 is 10.5 Å². The first kappa shape index (κ1) is 29.8. The third-order valence-corrected chi connectivity index (χ3v) is 6.47. The minimum absolute atomic E-state index is 0.00502. The van der Waals surface area contributed by atoms with E-state index in [2.05, 4.69) is 0 Å². The number of amides is 2. The van der Waals surface area contributed by atoms with Crippen molar-refractivity contribution < 1.29 is 33.5 Å². The van der Waals surface area contributed by atoms with Crippen LogP contribution in [0.4, 0.5) is 0 Å². The molecule has 0 bridgehead atoms. The molecular formula is C31H32N4O7. The molecule has 1 aliphatic rings. The molecule has 0 radical (unpaired) electrons. The van der Waals surface area contributed by atoms with Gasteiger partial charge in [-0.15, -0.1) is 0 Å². The number of nitrogens with one attached hydrogen (secondary N) is 1. The molecule has 0 aromatic heterocycles. The molecule has 1 aliphatic heterocycles. The molecule has 0 saturated carbocycles. The molecule has 3 aromatic carbocycles. The number of ether oxygens (including phenoxy) is 2. The molecule has 3 N–H and O–H groups in total. The Morgan fingerprint density at radius 2 is 1.55 bits per heavy atom. The quantitative estimate of drug-likeness (QED) is 0.104. The van der Waals surface area contributed by atoms with Gasteiger partial charge in [0.15, 0.2) is 0 Å². The van der Waals surface area contributed by atoms with Crippen molar-refractivity contribution in [2.75, 3.05) is 26.2 Å². The Kier molecular flexibility index (Phi) is 10.2. The lowest BCUT2D eigenvalue weighted by molar-refractivity contribution is -0.205. The van der Waals surface area contributed by atoms with E-state index in [1.54, 1.807) is 36.4 Å². The number of rotatable bonds is 13. The van der Waals surface area contributed by atoms with Crippen molar-refractivity contribution in [2.24, 2.45) is 5.73 Å². The Labute approximate surface area is 243 Å². The molecule has 218 valence electrons. The molecule has 0 spiro atoms. The molecule has 1 saturated heterocycles. The van der Waals surface area contributed by atoms with Crippen LogP contribution in [0.25, 0.3) is 0 Å². The summed E-state index contributed by atoms with van der Waals surface area (Å²) in [6.07, 6.45) is 1.09. The maximum absolute atomic E-state index is 12.5. The van der Waals surface area contributed by atoms with Gasteiger partial charge in [-0.25, -0.2) is 9.59 Å². The lowest BCUT2D eigenvalue weighted by Gasteiger charge is -2.32. The van der Waals surface area contributed by atoms with Gasteiger partial charge in [-0.2, -0.15) is 5.06 Å². The van der Waals surface area contributed by atoms with E-state index in [1.165, 1.54) is 11.0 Å². The second kappa shape index (κ2) is 14.4. The van der Waals surface area contributed by atoms with E-state index >= 15 is 0 Å². The molecule has 42 heavy (non-hydrogen) atoms. The number of esters is 1. The van der Waals surface area contributed by atoms with Gasteiger partial charge in [0, 0.05) is 13.1 Å². The largest absolute Gasteiger partial charge is 0.493 e. The number of unbranched alkanes of at least 4 members (excludes halogenated alkanes) is 1. The van der Waals surface area contributed by atoms with E-state index in [9.17, 15) is 19.2 Å². The van der Waals surface area contributed by atoms with E-state index in [0.717, 1.165) is 16.2 Å². The van der Waals surface area contributed by atoms with Gasteiger partial charge in [-0.05, 0) is 42.2 Å². The Morgan fingerprint density at radius 1 is 0.857 bits per heavy atom. The minimum atomic E-state index is -0.882. The number of benzene rings is 3. The summed E-state index contributed by atoms with van der Waals surface area (Å²) in [6.45, 7) is 1.03. The van der Waals surface area contributed by atoms with Crippen molar-refractivity contribution in [1.29, 1.82) is 5.41 Å². The van der Waals surface area contributed by atoms with Crippen LogP contribution in [0.15, 0.2) is 78.9 Å². The third kappa shape index (κ3) is 8.17. The molecule has 0 atom stereocenters. The summed E-state index contributed by atoms with van der Waals surface area (Å²) in [4.78, 5) is 56.2. The minimum Gasteiger partial charge on any atom is -0.493 e. The second-order valence-corrected chi connectivity index (χ2v) is 9.57. The fourth-order valence-corrected chi connectivity index (χ4v) is 4.26. The van der Waals surface area contributed by atoms with Gasteiger partial charge < -0.3 is 24.9 Å². The maximum atomic E-state index is 12.5. The number of hydrogen-bond acceptors (Lipinski definition) is 8. The Morgan fingerprint density at radius 3 is 2.24 bits per heavy atom. The summed E-state index contributed by atoms with van der Waals surface area (Å²) >= 11 is 0. The average molecular weight is 573 g/mol. The van der Waals surface area contributed by atoms with E-state index in [1.807, 2.05) is 36.4 Å². The highest BCUT2D eigenvalue weighted by atomic mass is 16.7. The zero-order chi connectivity index (χ0) is 29.9. The number of carbonyl (C=O) groups excluding carboxylic acids is 4. The van der Waals surface area contributed by atoms with Gasteiger partial charge in [0.25, 0.3) is 0 Å². The summed E-state index contributed by atoms with van der Waals surface area (Å²) in [6, 6.07) is 22.8. The van der Waals surface area contributed by atoms with Crippen LogP contribution in [-0.2, 0) is 37.0 Å². The highest BCUT2D eigenvalue weighted by Gasteiger charge is 2.34. The monoisotopic (exact) mass is 572 g/mol. The average Bonchev–Trinajstić information content (AvgIpc) is 3.00. The van der Waals surface area contributed by atoms with Crippen LogP contribution in [0.3, 0.4) is 0 Å². The number of nitrogens with two attached hydrogens (primary N) is 1. The Hall–Kier alpha value is -5.19. The number of nitrogen functional groups attached to an aromatic ring is 1. The molecule has 3 aromatic rings. The normalized spacial score (nSPS) is 13.0. The first-order valence-electron chi connectivity index (χ1n) is 13.5. The van der Waals surface area contributed by atoms with Crippen molar-refractivity contribution in [2.45, 2.75) is 25.9 Å². The van der Waals surface area contributed by atoms with Gasteiger partial charge in [-0.1, -0.05) is 60.7 Å². The lowest BCUT2D eigenvalue weighted by Crippen LogP contribution is -2.54. The molecule has 4 rings (SSSR count). The maximum Gasteiger partial charge on any atom is 0.344 e. The van der Waals surface area contributed by atoms with Gasteiger partial charge in [0.2, 0.25) is 0 Å². The Balaban J connectivity index is 1.20. The lowest BCUT2D eigenvalue weighted by atomic mass is 10.1. The number of hydrogen-bond donors (Lipinski definition) is 2. The predicted molar refractivity (Wildman–Crippen MR) is 152 cm³/mol. The molecule has 11 heteroatoms. The molecule has 2 amide bonds.